The molecule has 0 aliphatic carbocycles. The maximum Gasteiger partial charge on any atom is 0.258 e. The molecule has 29 heavy (non-hydrogen) atoms. The van der Waals surface area contributed by atoms with Crippen LogP contribution in [0.5, 0.6) is 0 Å². The lowest BCUT2D eigenvalue weighted by atomic mass is 10.1. The maximum atomic E-state index is 13.1. The summed E-state index contributed by atoms with van der Waals surface area (Å²) in [5.74, 6) is -0.0729. The van der Waals surface area contributed by atoms with Gasteiger partial charge in [0.15, 0.2) is 0 Å². The van der Waals surface area contributed by atoms with Gasteiger partial charge in [-0.1, -0.05) is 6.07 Å². The fourth-order valence-corrected chi connectivity index (χ4v) is 5.22. The third-order valence-electron chi connectivity index (χ3n) is 5.41. The van der Waals surface area contributed by atoms with Crippen molar-refractivity contribution in [1.29, 1.82) is 0 Å². The lowest BCUT2D eigenvalue weighted by molar-refractivity contribution is 0.0730. The van der Waals surface area contributed by atoms with Crippen molar-refractivity contribution >= 4 is 27.3 Å². The van der Waals surface area contributed by atoms with Crippen LogP contribution in [0.15, 0.2) is 47.4 Å². The smallest absolute Gasteiger partial charge is 0.258 e. The average Bonchev–Trinajstić information content (AvgIpc) is 3.17. The largest absolute Gasteiger partial charge is 0.379 e. The number of carbonyl (C=O) groups excluding carboxylic acids is 1. The van der Waals surface area contributed by atoms with E-state index in [2.05, 4.69) is 0 Å². The molecule has 0 bridgehead atoms. The van der Waals surface area contributed by atoms with Gasteiger partial charge in [0.1, 0.15) is 0 Å². The Morgan fingerprint density at radius 3 is 2.52 bits per heavy atom. The van der Waals surface area contributed by atoms with Gasteiger partial charge < -0.3 is 14.5 Å². The Hall–Kier alpha value is -2.42. The molecule has 2 heterocycles. The zero-order valence-electron chi connectivity index (χ0n) is 16.7. The van der Waals surface area contributed by atoms with Crippen LogP contribution in [0.4, 0.5) is 11.4 Å². The first-order chi connectivity index (χ1) is 13.9. The minimum Gasteiger partial charge on any atom is -0.379 e. The van der Waals surface area contributed by atoms with Gasteiger partial charge in [0.2, 0.25) is 10.0 Å². The Morgan fingerprint density at radius 1 is 1.03 bits per heavy atom. The van der Waals surface area contributed by atoms with Gasteiger partial charge >= 0.3 is 0 Å². The Labute approximate surface area is 171 Å². The van der Waals surface area contributed by atoms with Crippen LogP contribution in [0.2, 0.25) is 0 Å². The first-order valence-electron chi connectivity index (χ1n) is 9.68. The summed E-state index contributed by atoms with van der Waals surface area (Å²) >= 11 is 0. The van der Waals surface area contributed by atoms with Crippen LogP contribution in [0, 0.1) is 0 Å². The first-order valence-corrected chi connectivity index (χ1v) is 11.1. The molecule has 0 unspecified atom stereocenters. The van der Waals surface area contributed by atoms with Gasteiger partial charge in [-0.15, -0.1) is 0 Å². The quantitative estimate of drug-likeness (QED) is 0.764. The highest BCUT2D eigenvalue weighted by Gasteiger charge is 2.30. The summed E-state index contributed by atoms with van der Waals surface area (Å²) < 4.78 is 32.5. The van der Waals surface area contributed by atoms with E-state index in [9.17, 15) is 13.2 Å². The Kier molecular flexibility index (Phi) is 5.33. The number of hydrogen-bond acceptors (Lipinski definition) is 5. The molecule has 0 saturated carbocycles. The molecule has 2 aromatic rings. The predicted octanol–water partition coefficient (Wildman–Crippen LogP) is 1.98. The first kappa shape index (κ1) is 19.9. The minimum atomic E-state index is -3.54. The standard InChI is InChI=1S/C21H25N3O4S/c1-22(2)18-5-3-4-17(14-18)21(25)24-9-8-16-15-19(6-7-20(16)24)29(26,27)23-10-12-28-13-11-23/h3-7,14-15H,8-13H2,1-2H3. The number of carbonyl (C=O) groups is 1. The van der Waals surface area contributed by atoms with E-state index in [0.29, 0.717) is 44.8 Å². The van der Waals surface area contributed by atoms with Crippen molar-refractivity contribution in [1.82, 2.24) is 4.31 Å². The second-order valence-corrected chi connectivity index (χ2v) is 9.40. The molecule has 1 saturated heterocycles. The van der Waals surface area contributed by atoms with E-state index >= 15 is 0 Å². The third-order valence-corrected chi connectivity index (χ3v) is 7.30. The molecular weight excluding hydrogens is 390 g/mol. The predicted molar refractivity (Wildman–Crippen MR) is 112 cm³/mol. The van der Waals surface area contributed by atoms with Crippen LogP contribution < -0.4 is 9.80 Å². The van der Waals surface area contributed by atoms with Gasteiger partial charge in [-0.25, -0.2) is 8.42 Å². The number of anilines is 2. The Morgan fingerprint density at radius 2 is 1.79 bits per heavy atom. The summed E-state index contributed by atoms with van der Waals surface area (Å²) in [5.41, 5.74) is 3.25. The van der Waals surface area contributed by atoms with Crippen LogP contribution in [-0.2, 0) is 21.2 Å². The van der Waals surface area contributed by atoms with Crippen LogP contribution in [0.3, 0.4) is 0 Å². The summed E-state index contributed by atoms with van der Waals surface area (Å²) in [7, 11) is 0.327. The van der Waals surface area contributed by atoms with E-state index in [1.54, 1.807) is 23.1 Å². The molecule has 2 aromatic carbocycles. The molecule has 1 fully saturated rings. The number of nitrogens with zero attached hydrogens (tertiary/aromatic N) is 3. The van der Waals surface area contributed by atoms with Crippen molar-refractivity contribution in [3.05, 3.63) is 53.6 Å². The topological polar surface area (TPSA) is 70.2 Å². The molecule has 2 aliphatic rings. The van der Waals surface area contributed by atoms with Crippen molar-refractivity contribution in [2.24, 2.45) is 0 Å². The zero-order chi connectivity index (χ0) is 20.6. The van der Waals surface area contributed by atoms with Gasteiger partial charge in [0, 0.05) is 50.7 Å². The molecular formula is C21H25N3O4S. The summed E-state index contributed by atoms with van der Waals surface area (Å²) in [6.07, 6.45) is 0.640. The van der Waals surface area contributed by atoms with Crippen LogP contribution in [0.25, 0.3) is 0 Å². The Balaban J connectivity index is 1.60. The van der Waals surface area contributed by atoms with E-state index in [1.807, 2.05) is 43.3 Å². The molecule has 0 spiro atoms. The van der Waals surface area contributed by atoms with Gasteiger partial charge in [0.25, 0.3) is 5.91 Å². The fourth-order valence-electron chi connectivity index (χ4n) is 3.76. The molecule has 0 radical (unpaired) electrons. The second-order valence-electron chi connectivity index (χ2n) is 7.46. The third kappa shape index (κ3) is 3.75. The van der Waals surface area contributed by atoms with E-state index in [1.165, 1.54) is 4.31 Å². The summed E-state index contributed by atoms with van der Waals surface area (Å²) in [5, 5.41) is 0. The monoisotopic (exact) mass is 415 g/mol. The molecule has 7 nitrogen and oxygen atoms in total. The molecule has 0 N–H and O–H groups in total. The number of sulfonamides is 1. The van der Waals surface area contributed by atoms with Crippen molar-refractivity contribution < 1.29 is 17.9 Å². The second kappa shape index (κ2) is 7.78. The lowest BCUT2D eigenvalue weighted by Crippen LogP contribution is -2.40. The highest BCUT2D eigenvalue weighted by atomic mass is 32.2. The number of benzene rings is 2. The molecule has 0 aromatic heterocycles. The Bertz CT molecular complexity index is 1030. The highest BCUT2D eigenvalue weighted by molar-refractivity contribution is 7.89. The number of rotatable bonds is 4. The van der Waals surface area contributed by atoms with Gasteiger partial charge in [-0.05, 0) is 48.4 Å². The molecule has 4 rings (SSSR count). The minimum absolute atomic E-state index is 0.0729. The number of hydrogen-bond donors (Lipinski definition) is 0. The van der Waals surface area contributed by atoms with Crippen molar-refractivity contribution in [2.45, 2.75) is 11.3 Å². The zero-order valence-corrected chi connectivity index (χ0v) is 17.5. The molecule has 154 valence electrons. The number of ether oxygens (including phenoxy) is 1. The number of morpholine rings is 1. The van der Waals surface area contributed by atoms with Gasteiger partial charge in [0.05, 0.1) is 18.1 Å². The van der Waals surface area contributed by atoms with Crippen LogP contribution in [0.1, 0.15) is 15.9 Å². The summed E-state index contributed by atoms with van der Waals surface area (Å²) in [6.45, 7) is 2.11. The van der Waals surface area contributed by atoms with E-state index in [0.717, 1.165) is 16.9 Å². The average molecular weight is 416 g/mol. The van der Waals surface area contributed by atoms with Crippen LogP contribution in [-0.4, -0.2) is 65.6 Å². The normalized spacial score (nSPS) is 17.2. The fraction of sp³-hybridized carbons (Fsp3) is 0.381. The van der Waals surface area contributed by atoms with Crippen LogP contribution >= 0.6 is 0 Å². The highest BCUT2D eigenvalue weighted by Crippen LogP contribution is 2.32. The van der Waals surface area contributed by atoms with Crippen molar-refractivity contribution in [3.8, 4) is 0 Å². The van der Waals surface area contributed by atoms with Crippen molar-refractivity contribution in [2.75, 3.05) is 56.7 Å². The van der Waals surface area contributed by atoms with Crippen molar-refractivity contribution in [3.63, 3.8) is 0 Å². The maximum absolute atomic E-state index is 13.1. The molecule has 1 amide bonds. The molecule has 8 heteroatoms. The lowest BCUT2D eigenvalue weighted by Gasteiger charge is -2.26. The number of amides is 1. The number of fused-ring (bicyclic) bond motifs is 1. The SMILES string of the molecule is CN(C)c1cccc(C(=O)N2CCc3cc(S(=O)(=O)N4CCOCC4)ccc32)c1. The van der Waals surface area contributed by atoms with Gasteiger partial charge in [-0.2, -0.15) is 4.31 Å². The van der Waals surface area contributed by atoms with E-state index in [4.69, 9.17) is 4.74 Å². The summed E-state index contributed by atoms with van der Waals surface area (Å²) in [4.78, 5) is 17.0. The summed E-state index contributed by atoms with van der Waals surface area (Å²) in [6, 6.07) is 12.6. The van der Waals surface area contributed by atoms with E-state index < -0.39 is 10.0 Å². The molecule has 0 atom stereocenters. The molecule has 2 aliphatic heterocycles. The van der Waals surface area contributed by atoms with Gasteiger partial charge in [-0.3, -0.25) is 4.79 Å². The van der Waals surface area contributed by atoms with E-state index in [-0.39, 0.29) is 10.8 Å².